The molecular weight excluding hydrogens is 876 g/mol. The lowest BCUT2D eigenvalue weighted by molar-refractivity contribution is -0.384. The Hall–Kier alpha value is -5.91. The van der Waals surface area contributed by atoms with Gasteiger partial charge >= 0.3 is 5.69 Å². The molecule has 5 heterocycles. The number of amides is 1. The second-order valence-corrected chi connectivity index (χ2v) is 20.8. The molecule has 15 nitrogen and oxygen atoms in total. The molecule has 2 aliphatic heterocycles. The first-order valence-electron chi connectivity index (χ1n) is 23.4. The van der Waals surface area contributed by atoms with Crippen LogP contribution in [-0.4, -0.2) is 88.6 Å². The lowest BCUT2D eigenvalue weighted by Gasteiger charge is -2.57. The molecule has 0 radical (unpaired) electrons. The van der Waals surface area contributed by atoms with Gasteiger partial charge in [-0.2, -0.15) is 0 Å². The number of nitrogens with one attached hydrogen (secondary N) is 3. The standard InChI is InChI=1S/C50H61FN8O7S/c1-6-41-45(27-39-40(51)29-54-46(39)55-41)66-44-25-33(57-23-20-50(21-24-57)30-58(31-50)42-16-12-15-37(42)36-14-9-8-13-35(36)32(3)4)17-18-38(44)48(60)56-67(64,65)34-26-43(59(62)63)47(53-28-34)52-22-11-10-19-49(5,61)7-2/h6,8-9,13-14,17-18,25-29,32,37,42,61H,1,7,10-12,15-16,19-24,30-31H2,2-5H3,(H,52,53)(H,54,55)(H,56,60)/t37-,42-,49+/m0/s1. The van der Waals surface area contributed by atoms with Gasteiger partial charge in [-0.1, -0.05) is 58.0 Å². The lowest BCUT2D eigenvalue weighted by Crippen LogP contribution is -2.63. The van der Waals surface area contributed by atoms with Gasteiger partial charge in [0.2, 0.25) is 5.82 Å². The van der Waals surface area contributed by atoms with Gasteiger partial charge in [-0.3, -0.25) is 19.8 Å². The van der Waals surface area contributed by atoms with E-state index in [0.29, 0.717) is 50.1 Å². The molecule has 1 spiro atoms. The number of ether oxygens (including phenoxy) is 1. The van der Waals surface area contributed by atoms with Gasteiger partial charge in [-0.15, -0.1) is 0 Å². The van der Waals surface area contributed by atoms with Gasteiger partial charge < -0.3 is 25.0 Å². The SMILES string of the molecule is C=Cc1nc2[nH]cc(F)c2cc1Oc1cc(N2CCC3(CC2)CN([C@H]2CCC[C@H]2c2ccccc2C(C)C)C3)ccc1C(=O)NS(=O)(=O)c1cnc(NCCCC[C@](C)(O)CC)c([N+](=O)[O-])c1. The van der Waals surface area contributed by atoms with Crippen molar-refractivity contribution in [3.8, 4) is 11.5 Å². The molecule has 3 atom stereocenters. The number of carbonyl (C=O) groups excluding carboxylic acids is 1. The third kappa shape index (κ3) is 10.2. The van der Waals surface area contributed by atoms with Gasteiger partial charge in [0.1, 0.15) is 27.8 Å². The van der Waals surface area contributed by atoms with Crippen molar-refractivity contribution in [2.75, 3.05) is 42.9 Å². The number of piperidine rings is 1. The molecule has 1 saturated carbocycles. The van der Waals surface area contributed by atoms with Gasteiger partial charge in [-0.05, 0) is 111 Å². The summed E-state index contributed by atoms with van der Waals surface area (Å²) in [5.41, 5.74) is 2.89. The number of hydrogen-bond donors (Lipinski definition) is 4. The number of aromatic nitrogens is 3. The Morgan fingerprint density at radius 1 is 1.13 bits per heavy atom. The van der Waals surface area contributed by atoms with Crippen molar-refractivity contribution in [1.29, 1.82) is 0 Å². The Morgan fingerprint density at radius 2 is 1.90 bits per heavy atom. The Bertz CT molecular complexity index is 2760. The molecule has 67 heavy (non-hydrogen) atoms. The fourth-order valence-corrected chi connectivity index (χ4v) is 11.1. The number of H-pyrrole nitrogens is 1. The Morgan fingerprint density at radius 3 is 2.61 bits per heavy atom. The summed E-state index contributed by atoms with van der Waals surface area (Å²) in [7, 11) is -4.71. The van der Waals surface area contributed by atoms with Crippen LogP contribution in [0.4, 0.5) is 21.6 Å². The highest BCUT2D eigenvalue weighted by Crippen LogP contribution is 2.49. The Labute approximate surface area is 391 Å². The van der Waals surface area contributed by atoms with Gasteiger partial charge in [0, 0.05) is 62.8 Å². The van der Waals surface area contributed by atoms with Gasteiger partial charge in [0.15, 0.2) is 5.75 Å². The first kappa shape index (κ1) is 47.6. The number of pyridine rings is 2. The van der Waals surface area contributed by atoms with Gasteiger partial charge in [0.05, 0.1) is 27.7 Å². The zero-order valence-electron chi connectivity index (χ0n) is 38.7. The van der Waals surface area contributed by atoms with Crippen LogP contribution in [0.25, 0.3) is 17.1 Å². The van der Waals surface area contributed by atoms with Gasteiger partial charge in [0.25, 0.3) is 15.9 Å². The van der Waals surface area contributed by atoms with E-state index in [-0.39, 0.29) is 45.0 Å². The number of unbranched alkanes of at least 4 members (excludes halogenated alkanes) is 1. The number of likely N-dealkylation sites (tertiary alicyclic amines) is 1. The summed E-state index contributed by atoms with van der Waals surface area (Å²) < 4.78 is 50.7. The molecule has 0 bridgehead atoms. The number of carbonyl (C=O) groups is 1. The number of fused-ring (bicyclic) bond motifs is 1. The topological polar surface area (TPSA) is 196 Å². The minimum absolute atomic E-state index is 0.0152. The van der Waals surface area contributed by atoms with Crippen molar-refractivity contribution >= 4 is 50.2 Å². The molecule has 4 N–H and O–H groups in total. The van der Waals surface area contributed by atoms with Crippen molar-refractivity contribution in [2.24, 2.45) is 5.41 Å². The van der Waals surface area contributed by atoms with Crippen molar-refractivity contribution < 1.29 is 32.4 Å². The predicted octanol–water partition coefficient (Wildman–Crippen LogP) is 9.66. The number of halogens is 1. The van der Waals surface area contributed by atoms with E-state index in [1.807, 2.05) is 11.6 Å². The largest absolute Gasteiger partial charge is 0.454 e. The van der Waals surface area contributed by atoms with E-state index in [0.717, 1.165) is 57.0 Å². The molecule has 17 heteroatoms. The summed E-state index contributed by atoms with van der Waals surface area (Å²) >= 11 is 0. The average molecular weight is 937 g/mol. The summed E-state index contributed by atoms with van der Waals surface area (Å²) in [6.07, 6.45) is 11.5. The fourth-order valence-electron chi connectivity index (χ4n) is 10.2. The second kappa shape index (κ2) is 19.4. The maximum atomic E-state index is 14.8. The summed E-state index contributed by atoms with van der Waals surface area (Å²) in [5.74, 6) is -0.667. The number of nitro groups is 1. The van der Waals surface area contributed by atoms with Crippen molar-refractivity contribution in [2.45, 2.75) is 114 Å². The van der Waals surface area contributed by atoms with Gasteiger partial charge in [-0.25, -0.2) is 27.5 Å². The number of anilines is 2. The highest BCUT2D eigenvalue weighted by molar-refractivity contribution is 7.90. The van der Waals surface area contributed by atoms with E-state index in [9.17, 15) is 32.8 Å². The lowest BCUT2D eigenvalue weighted by atomic mass is 9.70. The zero-order valence-corrected chi connectivity index (χ0v) is 39.5. The van der Waals surface area contributed by atoms with E-state index in [4.69, 9.17) is 4.74 Å². The number of sulfonamides is 1. The van der Waals surface area contributed by atoms with Crippen LogP contribution in [0.15, 0.2) is 78.5 Å². The molecule has 3 fully saturated rings. The third-order valence-corrected chi connectivity index (χ3v) is 15.5. The van der Waals surface area contributed by atoms with Crippen molar-refractivity contribution in [3.05, 3.63) is 112 Å². The van der Waals surface area contributed by atoms with E-state index >= 15 is 0 Å². The molecule has 2 saturated heterocycles. The maximum absolute atomic E-state index is 14.8. The maximum Gasteiger partial charge on any atom is 0.312 e. The normalized spacial score (nSPS) is 19.3. The summed E-state index contributed by atoms with van der Waals surface area (Å²) in [6, 6.07) is 16.7. The average Bonchev–Trinajstić information content (AvgIpc) is 3.93. The van der Waals surface area contributed by atoms with Crippen LogP contribution >= 0.6 is 0 Å². The minimum Gasteiger partial charge on any atom is -0.454 e. The predicted molar refractivity (Wildman–Crippen MR) is 258 cm³/mol. The highest BCUT2D eigenvalue weighted by atomic mass is 32.2. The van der Waals surface area contributed by atoms with Crippen LogP contribution in [0, 0.1) is 21.3 Å². The fraction of sp³-hybridized carbons (Fsp3) is 0.460. The summed E-state index contributed by atoms with van der Waals surface area (Å²) in [6.45, 7) is 16.0. The molecule has 1 amide bonds. The van der Waals surface area contributed by atoms with E-state index in [1.165, 1.54) is 54.8 Å². The van der Waals surface area contributed by atoms with Crippen LogP contribution in [0.1, 0.15) is 124 Å². The molecular formula is C50H61FN8O7S. The molecule has 5 aromatic rings. The summed E-state index contributed by atoms with van der Waals surface area (Å²) in [4.78, 5) is 41.0. The van der Waals surface area contributed by atoms with E-state index in [1.54, 1.807) is 19.1 Å². The monoisotopic (exact) mass is 936 g/mol. The molecule has 8 rings (SSSR count). The zero-order chi connectivity index (χ0) is 47.7. The number of benzene rings is 2. The Balaban J connectivity index is 0.995. The van der Waals surface area contributed by atoms with E-state index in [2.05, 4.69) is 74.8 Å². The molecule has 356 valence electrons. The third-order valence-electron chi connectivity index (χ3n) is 14.2. The summed E-state index contributed by atoms with van der Waals surface area (Å²) in [5, 5.41) is 25.4. The van der Waals surface area contributed by atoms with Crippen LogP contribution in [0.2, 0.25) is 0 Å². The van der Waals surface area contributed by atoms with Crippen LogP contribution in [-0.2, 0) is 10.0 Å². The Kier molecular flexibility index (Phi) is 13.8. The first-order chi connectivity index (χ1) is 32.0. The molecule has 3 aromatic heterocycles. The smallest absolute Gasteiger partial charge is 0.312 e. The number of hydrogen-bond acceptors (Lipinski definition) is 12. The number of aromatic amines is 1. The first-order valence-corrected chi connectivity index (χ1v) is 24.9. The number of aliphatic hydroxyl groups is 1. The van der Waals surface area contributed by atoms with Crippen LogP contribution in [0.5, 0.6) is 11.5 Å². The number of rotatable bonds is 18. The second-order valence-electron chi connectivity index (χ2n) is 19.1. The molecule has 0 unspecified atom stereocenters. The molecule has 2 aromatic carbocycles. The van der Waals surface area contributed by atoms with Crippen molar-refractivity contribution in [1.82, 2.24) is 24.6 Å². The van der Waals surface area contributed by atoms with Crippen LogP contribution in [0.3, 0.4) is 0 Å². The quantitative estimate of drug-likeness (QED) is 0.0370. The number of nitrogens with zero attached hydrogens (tertiary/aromatic N) is 5. The molecule has 1 aliphatic carbocycles. The minimum atomic E-state index is -4.71. The highest BCUT2D eigenvalue weighted by Gasteiger charge is 2.49. The van der Waals surface area contributed by atoms with E-state index < -0.39 is 42.9 Å². The van der Waals surface area contributed by atoms with Crippen LogP contribution < -0.4 is 19.7 Å². The molecule has 3 aliphatic rings. The van der Waals surface area contributed by atoms with Crippen molar-refractivity contribution in [3.63, 3.8) is 0 Å².